The highest BCUT2D eigenvalue weighted by atomic mass is 16.5. The summed E-state index contributed by atoms with van der Waals surface area (Å²) in [5.74, 6) is -0.542. The molecule has 0 atom stereocenters. The van der Waals surface area contributed by atoms with E-state index in [1.165, 1.54) is 6.20 Å². The second-order valence-corrected chi connectivity index (χ2v) is 4.67. The third kappa shape index (κ3) is 5.14. The zero-order valence-corrected chi connectivity index (χ0v) is 9.90. The second-order valence-electron chi connectivity index (χ2n) is 4.67. The molecule has 0 saturated heterocycles. The molecule has 0 aliphatic carbocycles. The molecule has 6 nitrogen and oxygen atoms in total. The first-order valence-corrected chi connectivity index (χ1v) is 5.27. The molecule has 1 aromatic rings. The molecule has 0 unspecified atom stereocenters. The normalized spacial score (nSPS) is 11.2. The lowest BCUT2D eigenvalue weighted by atomic mass is 9.85. The molecule has 17 heavy (non-hydrogen) atoms. The van der Waals surface area contributed by atoms with E-state index in [9.17, 15) is 9.59 Å². The van der Waals surface area contributed by atoms with Crippen LogP contribution in [-0.2, 0) is 16.1 Å². The predicted octanol–water partition coefficient (Wildman–Crippen LogP) is 1.18. The number of carboxylic acid groups (broad SMARTS) is 1. The first-order valence-electron chi connectivity index (χ1n) is 5.27. The number of hydrogen-bond acceptors (Lipinski definition) is 4. The first kappa shape index (κ1) is 13.2. The Morgan fingerprint density at radius 1 is 1.47 bits per heavy atom. The highest BCUT2D eigenvalue weighted by Crippen LogP contribution is 2.24. The van der Waals surface area contributed by atoms with E-state index in [0.717, 1.165) is 0 Å². The Labute approximate surface area is 99.0 Å². The Balaban J connectivity index is 2.36. The van der Waals surface area contributed by atoms with Gasteiger partial charge in [0.1, 0.15) is 0 Å². The van der Waals surface area contributed by atoms with E-state index in [1.54, 1.807) is 19.9 Å². The summed E-state index contributed by atoms with van der Waals surface area (Å²) in [6.07, 6.45) is 1.62. The van der Waals surface area contributed by atoms with Gasteiger partial charge in [-0.2, -0.15) is 0 Å². The van der Waals surface area contributed by atoms with Crippen molar-refractivity contribution in [1.82, 2.24) is 10.5 Å². The smallest absolute Gasteiger partial charge is 0.303 e. The Morgan fingerprint density at radius 3 is 2.71 bits per heavy atom. The Kier molecular flexibility index (Phi) is 4.25. The van der Waals surface area contributed by atoms with E-state index < -0.39 is 11.4 Å². The fraction of sp³-hybridized carbons (Fsp3) is 0.545. The van der Waals surface area contributed by atoms with Crippen LogP contribution in [0.4, 0.5) is 0 Å². The summed E-state index contributed by atoms with van der Waals surface area (Å²) >= 11 is 0. The van der Waals surface area contributed by atoms with E-state index in [2.05, 4.69) is 10.5 Å². The fourth-order valence-corrected chi connectivity index (χ4v) is 1.49. The van der Waals surface area contributed by atoms with Crippen LogP contribution in [0, 0.1) is 5.41 Å². The van der Waals surface area contributed by atoms with Gasteiger partial charge in [0, 0.05) is 12.5 Å². The third-order valence-electron chi connectivity index (χ3n) is 2.22. The topological polar surface area (TPSA) is 92.4 Å². The number of rotatable bonds is 6. The van der Waals surface area contributed by atoms with Gasteiger partial charge < -0.3 is 14.9 Å². The van der Waals surface area contributed by atoms with Crippen molar-refractivity contribution in [2.75, 3.05) is 0 Å². The monoisotopic (exact) mass is 240 g/mol. The zero-order chi connectivity index (χ0) is 12.9. The molecule has 0 aromatic carbocycles. The van der Waals surface area contributed by atoms with Crippen molar-refractivity contribution in [2.24, 2.45) is 5.41 Å². The predicted molar refractivity (Wildman–Crippen MR) is 59.0 cm³/mol. The molecule has 1 heterocycles. The van der Waals surface area contributed by atoms with Crippen molar-refractivity contribution in [1.29, 1.82) is 0 Å². The van der Waals surface area contributed by atoms with Gasteiger partial charge in [-0.1, -0.05) is 19.0 Å². The van der Waals surface area contributed by atoms with Crippen molar-refractivity contribution >= 4 is 11.9 Å². The molecule has 94 valence electrons. The van der Waals surface area contributed by atoms with Gasteiger partial charge in [0.25, 0.3) is 0 Å². The molecule has 0 aliphatic heterocycles. The standard InChI is InChI=1S/C11H16N2O4/c1-11(2,6-10(15)16)5-9(14)12-7-8-3-4-13-17-8/h3-4H,5-7H2,1-2H3,(H,12,14)(H,15,16). The molecule has 6 heteroatoms. The number of nitrogens with one attached hydrogen (secondary N) is 1. The van der Waals surface area contributed by atoms with Crippen molar-refractivity contribution < 1.29 is 19.2 Å². The Hall–Kier alpha value is -1.85. The molecule has 0 aliphatic rings. The van der Waals surface area contributed by atoms with Gasteiger partial charge in [0.15, 0.2) is 5.76 Å². The number of nitrogens with zero attached hydrogens (tertiary/aromatic N) is 1. The van der Waals surface area contributed by atoms with E-state index in [1.807, 2.05) is 0 Å². The van der Waals surface area contributed by atoms with Crippen molar-refractivity contribution in [3.05, 3.63) is 18.0 Å². The number of carbonyl (C=O) groups excluding carboxylic acids is 1. The molecular weight excluding hydrogens is 224 g/mol. The van der Waals surface area contributed by atoms with Gasteiger partial charge in [-0.25, -0.2) is 0 Å². The Bertz CT molecular complexity index is 384. The molecule has 1 rings (SSSR count). The number of aliphatic carboxylic acids is 1. The number of amides is 1. The van der Waals surface area contributed by atoms with Crippen molar-refractivity contribution in [3.63, 3.8) is 0 Å². The minimum atomic E-state index is -0.905. The third-order valence-corrected chi connectivity index (χ3v) is 2.22. The lowest BCUT2D eigenvalue weighted by Gasteiger charge is -2.21. The Morgan fingerprint density at radius 2 is 2.18 bits per heavy atom. The van der Waals surface area contributed by atoms with Crippen LogP contribution >= 0.6 is 0 Å². The minimum Gasteiger partial charge on any atom is -0.481 e. The average Bonchev–Trinajstić information content (AvgIpc) is 2.63. The highest BCUT2D eigenvalue weighted by molar-refractivity contribution is 5.77. The number of carboxylic acids is 1. The second kappa shape index (κ2) is 5.47. The number of aromatic nitrogens is 1. The van der Waals surface area contributed by atoms with Crippen LogP contribution < -0.4 is 5.32 Å². The lowest BCUT2D eigenvalue weighted by molar-refractivity contribution is -0.139. The quantitative estimate of drug-likeness (QED) is 0.778. The van der Waals surface area contributed by atoms with Crippen LogP contribution in [0.15, 0.2) is 16.8 Å². The van der Waals surface area contributed by atoms with Gasteiger partial charge in [-0.3, -0.25) is 9.59 Å². The van der Waals surface area contributed by atoms with E-state index in [0.29, 0.717) is 5.76 Å². The lowest BCUT2D eigenvalue weighted by Crippen LogP contribution is -2.29. The largest absolute Gasteiger partial charge is 0.481 e. The molecule has 0 radical (unpaired) electrons. The summed E-state index contributed by atoms with van der Waals surface area (Å²) in [4.78, 5) is 22.2. The van der Waals surface area contributed by atoms with Gasteiger partial charge in [-0.05, 0) is 5.41 Å². The highest BCUT2D eigenvalue weighted by Gasteiger charge is 2.25. The number of hydrogen-bond donors (Lipinski definition) is 2. The summed E-state index contributed by atoms with van der Waals surface area (Å²) in [5.41, 5.74) is -0.558. The molecule has 0 saturated carbocycles. The van der Waals surface area contributed by atoms with Gasteiger partial charge in [0.05, 0.1) is 19.2 Å². The SMILES string of the molecule is CC(C)(CC(=O)O)CC(=O)NCc1ccno1. The molecule has 0 fully saturated rings. The summed E-state index contributed by atoms with van der Waals surface area (Å²) in [6.45, 7) is 3.76. The summed E-state index contributed by atoms with van der Waals surface area (Å²) in [5, 5.41) is 14.8. The average molecular weight is 240 g/mol. The summed E-state index contributed by atoms with van der Waals surface area (Å²) in [6, 6.07) is 1.66. The maximum atomic E-state index is 11.6. The summed E-state index contributed by atoms with van der Waals surface area (Å²) < 4.78 is 4.82. The van der Waals surface area contributed by atoms with E-state index in [-0.39, 0.29) is 25.3 Å². The maximum absolute atomic E-state index is 11.6. The van der Waals surface area contributed by atoms with Crippen LogP contribution in [0.25, 0.3) is 0 Å². The van der Waals surface area contributed by atoms with Crippen LogP contribution in [0.3, 0.4) is 0 Å². The van der Waals surface area contributed by atoms with Crippen molar-refractivity contribution in [2.45, 2.75) is 33.2 Å². The van der Waals surface area contributed by atoms with Crippen LogP contribution in [0.5, 0.6) is 0 Å². The molecule has 0 spiro atoms. The van der Waals surface area contributed by atoms with Gasteiger partial charge in [0.2, 0.25) is 5.91 Å². The van der Waals surface area contributed by atoms with Gasteiger partial charge >= 0.3 is 5.97 Å². The molecule has 2 N–H and O–H groups in total. The number of carbonyl (C=O) groups is 2. The molecule has 0 bridgehead atoms. The minimum absolute atomic E-state index is 0.0390. The maximum Gasteiger partial charge on any atom is 0.303 e. The van der Waals surface area contributed by atoms with Crippen LogP contribution in [-0.4, -0.2) is 22.1 Å². The molecule has 1 aromatic heterocycles. The zero-order valence-electron chi connectivity index (χ0n) is 9.90. The fourth-order valence-electron chi connectivity index (χ4n) is 1.49. The van der Waals surface area contributed by atoms with E-state index in [4.69, 9.17) is 9.63 Å². The van der Waals surface area contributed by atoms with Crippen molar-refractivity contribution in [3.8, 4) is 0 Å². The van der Waals surface area contributed by atoms with Crippen LogP contribution in [0.2, 0.25) is 0 Å². The van der Waals surface area contributed by atoms with Gasteiger partial charge in [-0.15, -0.1) is 0 Å². The molecular formula is C11H16N2O4. The summed E-state index contributed by atoms with van der Waals surface area (Å²) in [7, 11) is 0. The molecule has 1 amide bonds. The first-order chi connectivity index (χ1) is 7.89. The van der Waals surface area contributed by atoms with Crippen LogP contribution in [0.1, 0.15) is 32.4 Å². The van der Waals surface area contributed by atoms with E-state index >= 15 is 0 Å².